The number of aromatic amines is 2. The van der Waals surface area contributed by atoms with E-state index in [4.69, 9.17) is 0 Å². The van der Waals surface area contributed by atoms with Gasteiger partial charge in [0.25, 0.3) is 5.56 Å². The lowest BCUT2D eigenvalue weighted by Gasteiger charge is -2.05. The predicted molar refractivity (Wildman–Crippen MR) is 105 cm³/mol. The number of fused-ring (bicyclic) bond motifs is 2. The van der Waals surface area contributed by atoms with Crippen LogP contribution < -0.4 is 5.56 Å². The summed E-state index contributed by atoms with van der Waals surface area (Å²) < 4.78 is 0. The number of rotatable bonds is 2. The molecule has 4 heteroatoms. The lowest BCUT2D eigenvalue weighted by atomic mass is 10.1. The van der Waals surface area contributed by atoms with Crippen LogP contribution in [0.5, 0.6) is 0 Å². The van der Waals surface area contributed by atoms with Gasteiger partial charge < -0.3 is 9.97 Å². The first kappa shape index (κ1) is 14.7. The van der Waals surface area contributed by atoms with E-state index < -0.39 is 0 Å². The lowest BCUT2D eigenvalue weighted by Crippen LogP contribution is -2.09. The molecule has 0 radical (unpaired) electrons. The minimum Gasteiger partial charge on any atom is -0.354 e. The van der Waals surface area contributed by atoms with Gasteiger partial charge >= 0.3 is 0 Å². The van der Waals surface area contributed by atoms with Crippen LogP contribution in [-0.4, -0.2) is 15.0 Å². The van der Waals surface area contributed by atoms with Crippen LogP contribution in [0.4, 0.5) is 0 Å². The van der Waals surface area contributed by atoms with Gasteiger partial charge in [-0.15, -0.1) is 0 Å². The number of aromatic nitrogens is 3. The molecule has 2 aromatic heterocycles. The first-order valence-electron chi connectivity index (χ1n) is 8.46. The van der Waals surface area contributed by atoms with E-state index in [0.29, 0.717) is 16.7 Å². The number of hydrogen-bond donors (Lipinski definition) is 2. The maximum absolute atomic E-state index is 12.4. The highest BCUT2D eigenvalue weighted by atomic mass is 16.1. The van der Waals surface area contributed by atoms with Gasteiger partial charge in [-0.1, -0.05) is 54.6 Å². The highest BCUT2D eigenvalue weighted by molar-refractivity contribution is 5.96. The summed E-state index contributed by atoms with van der Waals surface area (Å²) in [7, 11) is 0. The van der Waals surface area contributed by atoms with Crippen LogP contribution in [0.3, 0.4) is 0 Å². The maximum Gasteiger partial charge on any atom is 0.259 e. The molecule has 0 aliphatic rings. The SMILES string of the molecule is O=c1[nH]c(-c2cccc3cc(-c4ccccc4)[nH]c23)nc2ccccc12. The van der Waals surface area contributed by atoms with Gasteiger partial charge in [-0.2, -0.15) is 0 Å². The molecule has 0 fully saturated rings. The Morgan fingerprint density at radius 2 is 1.58 bits per heavy atom. The minimum absolute atomic E-state index is 0.127. The van der Waals surface area contributed by atoms with E-state index in [1.807, 2.05) is 48.5 Å². The second kappa shape index (κ2) is 5.70. The summed E-state index contributed by atoms with van der Waals surface area (Å²) >= 11 is 0. The topological polar surface area (TPSA) is 61.5 Å². The zero-order valence-corrected chi connectivity index (χ0v) is 13.9. The van der Waals surface area contributed by atoms with Crippen molar-refractivity contribution in [3.63, 3.8) is 0 Å². The normalized spacial score (nSPS) is 11.2. The molecule has 0 spiro atoms. The van der Waals surface area contributed by atoms with Gasteiger partial charge in [-0.3, -0.25) is 4.79 Å². The Kier molecular flexibility index (Phi) is 3.22. The summed E-state index contributed by atoms with van der Waals surface area (Å²) in [6, 6.07) is 25.7. The predicted octanol–water partition coefficient (Wildman–Crippen LogP) is 4.74. The van der Waals surface area contributed by atoms with Crippen molar-refractivity contribution in [1.29, 1.82) is 0 Å². The number of benzene rings is 3. The molecule has 4 nitrogen and oxygen atoms in total. The maximum atomic E-state index is 12.4. The number of nitrogens with one attached hydrogen (secondary N) is 2. The minimum atomic E-state index is -0.127. The van der Waals surface area contributed by atoms with Crippen molar-refractivity contribution >= 4 is 21.8 Å². The van der Waals surface area contributed by atoms with Crippen molar-refractivity contribution in [2.45, 2.75) is 0 Å². The number of para-hydroxylation sites is 2. The molecule has 26 heavy (non-hydrogen) atoms. The molecule has 0 saturated carbocycles. The largest absolute Gasteiger partial charge is 0.354 e. The second-order valence-electron chi connectivity index (χ2n) is 6.25. The van der Waals surface area contributed by atoms with Crippen LogP contribution >= 0.6 is 0 Å². The summed E-state index contributed by atoms with van der Waals surface area (Å²) in [6.07, 6.45) is 0. The lowest BCUT2D eigenvalue weighted by molar-refractivity contribution is 1.18. The molecule has 0 aliphatic heterocycles. The fourth-order valence-electron chi connectivity index (χ4n) is 3.34. The molecule has 5 rings (SSSR count). The van der Waals surface area contributed by atoms with E-state index in [9.17, 15) is 4.79 Å². The van der Waals surface area contributed by atoms with Crippen molar-refractivity contribution in [3.8, 4) is 22.6 Å². The zero-order valence-electron chi connectivity index (χ0n) is 13.9. The van der Waals surface area contributed by atoms with E-state index in [2.05, 4.69) is 39.2 Å². The summed E-state index contributed by atoms with van der Waals surface area (Å²) in [4.78, 5) is 23.5. The van der Waals surface area contributed by atoms with E-state index in [1.165, 1.54) is 0 Å². The summed E-state index contributed by atoms with van der Waals surface area (Å²) in [6.45, 7) is 0. The first-order valence-corrected chi connectivity index (χ1v) is 8.46. The van der Waals surface area contributed by atoms with Crippen LogP contribution in [0.15, 0.2) is 83.7 Å². The van der Waals surface area contributed by atoms with Crippen molar-refractivity contribution < 1.29 is 0 Å². The number of nitrogens with zero attached hydrogens (tertiary/aromatic N) is 1. The Labute approximate surface area is 149 Å². The summed E-state index contributed by atoms with van der Waals surface area (Å²) in [5.74, 6) is 0.570. The molecule has 0 unspecified atom stereocenters. The van der Waals surface area contributed by atoms with Gasteiger partial charge in [0.1, 0.15) is 5.82 Å². The summed E-state index contributed by atoms with van der Waals surface area (Å²) in [5, 5.41) is 1.68. The zero-order chi connectivity index (χ0) is 17.5. The third-order valence-electron chi connectivity index (χ3n) is 4.61. The van der Waals surface area contributed by atoms with E-state index in [1.54, 1.807) is 6.07 Å². The molecule has 3 aromatic carbocycles. The summed E-state index contributed by atoms with van der Waals surface area (Å²) in [5.41, 5.74) is 4.57. The fraction of sp³-hybridized carbons (Fsp3) is 0. The van der Waals surface area contributed by atoms with Crippen molar-refractivity contribution in [1.82, 2.24) is 15.0 Å². The van der Waals surface area contributed by atoms with Crippen LogP contribution in [0, 0.1) is 0 Å². The highest BCUT2D eigenvalue weighted by Crippen LogP contribution is 2.30. The van der Waals surface area contributed by atoms with Crippen molar-refractivity contribution in [2.24, 2.45) is 0 Å². The fourth-order valence-corrected chi connectivity index (χ4v) is 3.34. The molecule has 0 amide bonds. The number of hydrogen-bond acceptors (Lipinski definition) is 2. The average molecular weight is 337 g/mol. The molecule has 124 valence electrons. The van der Waals surface area contributed by atoms with Gasteiger partial charge in [-0.25, -0.2) is 4.98 Å². The molecule has 0 aliphatic carbocycles. The van der Waals surface area contributed by atoms with Crippen molar-refractivity contribution in [3.05, 3.63) is 89.2 Å². The average Bonchev–Trinajstić information content (AvgIpc) is 3.13. The van der Waals surface area contributed by atoms with Crippen molar-refractivity contribution in [2.75, 3.05) is 0 Å². The smallest absolute Gasteiger partial charge is 0.259 e. The Hall–Kier alpha value is -3.66. The van der Waals surface area contributed by atoms with Crippen LogP contribution in [0.25, 0.3) is 44.5 Å². The molecule has 0 bridgehead atoms. The molecule has 2 N–H and O–H groups in total. The monoisotopic (exact) mass is 337 g/mol. The van der Waals surface area contributed by atoms with Gasteiger partial charge in [0.15, 0.2) is 0 Å². The Bertz CT molecular complexity index is 1300. The van der Waals surface area contributed by atoms with E-state index >= 15 is 0 Å². The molecule has 0 saturated heterocycles. The van der Waals surface area contributed by atoms with E-state index in [0.717, 1.165) is 27.7 Å². The van der Waals surface area contributed by atoms with Crippen LogP contribution in [0.2, 0.25) is 0 Å². The van der Waals surface area contributed by atoms with Gasteiger partial charge in [0.05, 0.1) is 16.4 Å². The molecule has 2 heterocycles. The Morgan fingerprint density at radius 3 is 2.46 bits per heavy atom. The standard InChI is InChI=1S/C22H15N3O/c26-22-16-10-4-5-12-18(16)24-21(25-22)17-11-6-9-15-13-19(23-20(15)17)14-7-2-1-3-8-14/h1-13,23H,(H,24,25,26). The quantitative estimate of drug-likeness (QED) is 0.489. The first-order chi connectivity index (χ1) is 12.8. The van der Waals surface area contributed by atoms with Gasteiger partial charge in [0.2, 0.25) is 0 Å². The molecular weight excluding hydrogens is 322 g/mol. The van der Waals surface area contributed by atoms with E-state index in [-0.39, 0.29) is 5.56 Å². The molecular formula is C22H15N3O. The van der Waals surface area contributed by atoms with Gasteiger partial charge in [0, 0.05) is 16.6 Å². The number of H-pyrrole nitrogens is 2. The van der Waals surface area contributed by atoms with Gasteiger partial charge in [-0.05, 0) is 29.8 Å². The Balaban J connectivity index is 1.75. The highest BCUT2D eigenvalue weighted by Gasteiger charge is 2.11. The van der Waals surface area contributed by atoms with Crippen LogP contribution in [-0.2, 0) is 0 Å². The van der Waals surface area contributed by atoms with Crippen LogP contribution in [0.1, 0.15) is 0 Å². The second-order valence-corrected chi connectivity index (χ2v) is 6.25. The third kappa shape index (κ3) is 2.31. The Morgan fingerprint density at radius 1 is 0.769 bits per heavy atom. The third-order valence-corrected chi connectivity index (χ3v) is 4.61. The molecule has 5 aromatic rings. The molecule has 0 atom stereocenters.